The number of carbonyl (C=O) groups is 1. The Kier molecular flexibility index (Phi) is 3.37. The lowest BCUT2D eigenvalue weighted by Gasteiger charge is -2.18. The molecule has 0 saturated carbocycles. The molecule has 0 amide bonds. The number of allylic oxidation sites excluding steroid dienone is 1. The van der Waals surface area contributed by atoms with E-state index in [0.29, 0.717) is 5.70 Å². The first-order chi connectivity index (χ1) is 5.00. The van der Waals surface area contributed by atoms with Gasteiger partial charge in [-0.3, -0.25) is 0 Å². The summed E-state index contributed by atoms with van der Waals surface area (Å²) in [4.78, 5) is 12.4. The molecule has 0 heterocycles. The minimum Gasteiger partial charge on any atom is -0.464 e. The molecule has 0 aromatic carbocycles. The van der Waals surface area contributed by atoms with Gasteiger partial charge in [0.15, 0.2) is 0 Å². The largest absolute Gasteiger partial charge is 0.464 e. The van der Waals surface area contributed by atoms with Crippen molar-refractivity contribution in [1.82, 2.24) is 4.90 Å². The lowest BCUT2D eigenvalue weighted by molar-refractivity contribution is -0.137. The van der Waals surface area contributed by atoms with Gasteiger partial charge < -0.3 is 9.64 Å². The van der Waals surface area contributed by atoms with E-state index in [4.69, 9.17) is 0 Å². The minimum atomic E-state index is -0.435. The summed E-state index contributed by atoms with van der Waals surface area (Å²) in [5.41, 5.74) is 1.04. The van der Waals surface area contributed by atoms with Crippen molar-refractivity contribution in [2.75, 3.05) is 14.2 Å². The number of esters is 1. The first kappa shape index (κ1) is 9.75. The molecule has 0 aromatic rings. The summed E-state index contributed by atoms with van der Waals surface area (Å²) in [6.07, 6.45) is 0. The van der Waals surface area contributed by atoms with Crippen molar-refractivity contribution < 1.29 is 9.53 Å². The highest BCUT2D eigenvalue weighted by molar-refractivity contribution is 5.87. The Morgan fingerprint density at radius 2 is 1.91 bits per heavy atom. The van der Waals surface area contributed by atoms with Crippen LogP contribution in [0.3, 0.4) is 0 Å². The van der Waals surface area contributed by atoms with Crippen LogP contribution in [0.15, 0.2) is 24.6 Å². The van der Waals surface area contributed by atoms with E-state index in [1.807, 2.05) is 0 Å². The summed E-state index contributed by atoms with van der Waals surface area (Å²) < 4.78 is 4.46. The van der Waals surface area contributed by atoms with Gasteiger partial charge in [0.25, 0.3) is 0 Å². The lowest BCUT2D eigenvalue weighted by atomic mass is 10.4. The monoisotopic (exact) mass is 155 g/mol. The number of hydrogen-bond donors (Lipinski definition) is 0. The molecule has 0 atom stereocenters. The van der Waals surface area contributed by atoms with Crippen LogP contribution in [-0.2, 0) is 9.53 Å². The molecule has 0 aliphatic heterocycles. The molecular formula is C8H13NO2. The van der Waals surface area contributed by atoms with E-state index >= 15 is 0 Å². The number of hydrogen-bond acceptors (Lipinski definition) is 3. The van der Waals surface area contributed by atoms with Crippen LogP contribution in [0.4, 0.5) is 0 Å². The zero-order chi connectivity index (χ0) is 9.02. The molecule has 0 saturated heterocycles. The van der Waals surface area contributed by atoms with Crippen LogP contribution in [0, 0.1) is 0 Å². The fraction of sp³-hybridized carbons (Fsp3) is 0.375. The van der Waals surface area contributed by atoms with Crippen LogP contribution in [-0.4, -0.2) is 25.0 Å². The van der Waals surface area contributed by atoms with Crippen LogP contribution >= 0.6 is 0 Å². The smallest absolute Gasteiger partial charge is 0.354 e. The Hall–Kier alpha value is -1.25. The number of carbonyl (C=O) groups excluding carboxylic acids is 1. The molecule has 0 aliphatic rings. The predicted octanol–water partition coefficient (Wildman–Crippen LogP) is 1.14. The van der Waals surface area contributed by atoms with Gasteiger partial charge in [0.1, 0.15) is 5.70 Å². The molecule has 11 heavy (non-hydrogen) atoms. The van der Waals surface area contributed by atoms with Crippen molar-refractivity contribution in [2.45, 2.75) is 6.92 Å². The second-order valence-electron chi connectivity index (χ2n) is 2.23. The van der Waals surface area contributed by atoms with E-state index in [2.05, 4.69) is 17.9 Å². The minimum absolute atomic E-state index is 0.292. The summed E-state index contributed by atoms with van der Waals surface area (Å²) in [7, 11) is 3.03. The molecule has 0 rings (SSSR count). The third kappa shape index (κ3) is 2.45. The lowest BCUT2D eigenvalue weighted by Crippen LogP contribution is -2.21. The molecule has 0 bridgehead atoms. The number of rotatable bonds is 3. The van der Waals surface area contributed by atoms with Gasteiger partial charge in [-0.15, -0.1) is 0 Å². The van der Waals surface area contributed by atoms with Gasteiger partial charge >= 0.3 is 5.97 Å². The molecule has 0 aromatic heterocycles. The number of methoxy groups -OCH3 is 1. The molecule has 62 valence electrons. The molecule has 0 N–H and O–H groups in total. The maximum absolute atomic E-state index is 10.9. The maximum atomic E-state index is 10.9. The highest BCUT2D eigenvalue weighted by Crippen LogP contribution is 2.06. The van der Waals surface area contributed by atoms with E-state index in [9.17, 15) is 4.79 Å². The number of ether oxygens (including phenoxy) is 1. The van der Waals surface area contributed by atoms with Gasteiger partial charge in [-0.05, 0) is 6.92 Å². The highest BCUT2D eigenvalue weighted by Gasteiger charge is 2.11. The fourth-order valence-electron chi connectivity index (χ4n) is 0.485. The Morgan fingerprint density at radius 3 is 2.18 bits per heavy atom. The predicted molar refractivity (Wildman–Crippen MR) is 43.7 cm³/mol. The molecular weight excluding hydrogens is 142 g/mol. The van der Waals surface area contributed by atoms with Gasteiger partial charge in [0, 0.05) is 12.7 Å². The van der Waals surface area contributed by atoms with E-state index < -0.39 is 5.97 Å². The average molecular weight is 155 g/mol. The zero-order valence-electron chi connectivity index (χ0n) is 7.18. The Balaban J connectivity index is 4.25. The summed E-state index contributed by atoms with van der Waals surface area (Å²) >= 11 is 0. The van der Waals surface area contributed by atoms with E-state index in [1.165, 1.54) is 7.11 Å². The van der Waals surface area contributed by atoms with Crippen molar-refractivity contribution >= 4 is 5.97 Å². The SMILES string of the molecule is C=C(C)N(C)C(=C)C(=O)OC. The summed E-state index contributed by atoms with van der Waals surface area (Å²) in [5.74, 6) is -0.435. The highest BCUT2D eigenvalue weighted by atomic mass is 16.5. The Bertz CT molecular complexity index is 196. The van der Waals surface area contributed by atoms with Crippen LogP contribution in [0.25, 0.3) is 0 Å². The second-order valence-corrected chi connectivity index (χ2v) is 2.23. The third-order valence-electron chi connectivity index (χ3n) is 1.40. The van der Waals surface area contributed by atoms with Crippen LogP contribution in [0.2, 0.25) is 0 Å². The molecule has 0 radical (unpaired) electrons. The summed E-state index contributed by atoms with van der Waals surface area (Å²) in [6.45, 7) is 8.97. The van der Waals surface area contributed by atoms with Gasteiger partial charge in [0.2, 0.25) is 0 Å². The van der Waals surface area contributed by atoms with E-state index in [0.717, 1.165) is 5.70 Å². The second kappa shape index (κ2) is 3.81. The normalized spacial score (nSPS) is 8.64. The molecule has 3 heteroatoms. The zero-order valence-corrected chi connectivity index (χ0v) is 7.18. The summed E-state index contributed by atoms with van der Waals surface area (Å²) in [5, 5.41) is 0. The van der Waals surface area contributed by atoms with Crippen molar-refractivity contribution in [3.8, 4) is 0 Å². The maximum Gasteiger partial charge on any atom is 0.354 e. The van der Waals surface area contributed by atoms with E-state index in [-0.39, 0.29) is 0 Å². The van der Waals surface area contributed by atoms with Crippen molar-refractivity contribution in [1.29, 1.82) is 0 Å². The molecule has 0 spiro atoms. The summed E-state index contributed by atoms with van der Waals surface area (Å²) in [6, 6.07) is 0. The van der Waals surface area contributed by atoms with Crippen molar-refractivity contribution in [3.05, 3.63) is 24.6 Å². The fourth-order valence-corrected chi connectivity index (χ4v) is 0.485. The van der Waals surface area contributed by atoms with E-state index in [1.54, 1.807) is 18.9 Å². The Morgan fingerprint density at radius 1 is 1.45 bits per heavy atom. The quantitative estimate of drug-likeness (QED) is 0.452. The molecule has 3 nitrogen and oxygen atoms in total. The number of likely N-dealkylation sites (N-methyl/N-ethyl adjacent to an activating group) is 1. The van der Waals surface area contributed by atoms with Gasteiger partial charge in [-0.25, -0.2) is 4.79 Å². The average Bonchev–Trinajstić information content (AvgIpc) is 2.00. The van der Waals surface area contributed by atoms with Crippen LogP contribution < -0.4 is 0 Å². The standard InChI is InChI=1S/C8H13NO2/c1-6(2)9(4)7(3)8(10)11-5/h1,3H2,2,4-5H3. The Labute approximate surface area is 66.9 Å². The topological polar surface area (TPSA) is 29.5 Å². The van der Waals surface area contributed by atoms with Gasteiger partial charge in [-0.1, -0.05) is 13.2 Å². The molecule has 0 fully saturated rings. The third-order valence-corrected chi connectivity index (χ3v) is 1.40. The van der Waals surface area contributed by atoms with Crippen LogP contribution in [0.5, 0.6) is 0 Å². The van der Waals surface area contributed by atoms with Crippen LogP contribution in [0.1, 0.15) is 6.92 Å². The first-order valence-electron chi connectivity index (χ1n) is 3.17. The van der Waals surface area contributed by atoms with Crippen molar-refractivity contribution in [3.63, 3.8) is 0 Å². The molecule has 0 unspecified atom stereocenters. The first-order valence-corrected chi connectivity index (χ1v) is 3.17. The molecule has 0 aliphatic carbocycles. The van der Waals surface area contributed by atoms with Gasteiger partial charge in [0.05, 0.1) is 7.11 Å². The number of nitrogens with zero attached hydrogens (tertiary/aromatic N) is 1. The van der Waals surface area contributed by atoms with Gasteiger partial charge in [-0.2, -0.15) is 0 Å². The van der Waals surface area contributed by atoms with Crippen molar-refractivity contribution in [2.24, 2.45) is 0 Å².